The van der Waals surface area contributed by atoms with Gasteiger partial charge in [-0.2, -0.15) is 5.26 Å². The summed E-state index contributed by atoms with van der Waals surface area (Å²) in [5, 5.41) is 9.93. The Balaban J connectivity index is 1.77. The number of hydrogen-bond acceptors (Lipinski definition) is 7. The van der Waals surface area contributed by atoms with Crippen LogP contribution in [0.2, 0.25) is 0 Å². The van der Waals surface area contributed by atoms with E-state index in [1.54, 1.807) is 17.0 Å². The van der Waals surface area contributed by atoms with Gasteiger partial charge in [-0.3, -0.25) is 0 Å². The van der Waals surface area contributed by atoms with E-state index in [9.17, 15) is 14.9 Å². The van der Waals surface area contributed by atoms with Gasteiger partial charge in [0, 0.05) is 36.0 Å². The number of benzene rings is 1. The van der Waals surface area contributed by atoms with Crippen molar-refractivity contribution in [3.8, 4) is 11.8 Å². The van der Waals surface area contributed by atoms with E-state index in [1.807, 2.05) is 26.8 Å². The number of carbonyl (C=O) groups excluding carboxylic acids is 2. The largest absolute Gasteiger partial charge is 0.488 e. The van der Waals surface area contributed by atoms with Gasteiger partial charge in [0.1, 0.15) is 11.7 Å². The molecule has 0 atom stereocenters. The molecule has 1 amide bonds. The van der Waals surface area contributed by atoms with Gasteiger partial charge in [-0.05, 0) is 39.0 Å². The quantitative estimate of drug-likeness (QED) is 0.692. The number of hydrogen-bond donors (Lipinski definition) is 0. The predicted octanol–water partition coefficient (Wildman–Crippen LogP) is 4.34. The van der Waals surface area contributed by atoms with Gasteiger partial charge in [0.25, 0.3) is 0 Å². The molecule has 154 valence electrons. The summed E-state index contributed by atoms with van der Waals surface area (Å²) in [6.07, 6.45) is 0.760. The Hall–Kier alpha value is -2.79. The summed E-state index contributed by atoms with van der Waals surface area (Å²) in [7, 11) is 1.33. The number of nitrogens with zero attached hydrogens (tertiary/aromatic N) is 2. The summed E-state index contributed by atoms with van der Waals surface area (Å²) in [5.74, 6) is -0.0180. The predicted molar refractivity (Wildman–Crippen MR) is 109 cm³/mol. The molecule has 1 aliphatic heterocycles. The number of likely N-dealkylation sites (tertiary alicyclic amines) is 1. The van der Waals surface area contributed by atoms with Crippen LogP contribution in [-0.2, 0) is 9.47 Å². The number of carbonyl (C=O) groups is 2. The van der Waals surface area contributed by atoms with E-state index in [0.717, 1.165) is 10.1 Å². The Bertz CT molecular complexity index is 962. The summed E-state index contributed by atoms with van der Waals surface area (Å²) in [5.41, 5.74) is -0.0373. The SMILES string of the molecule is COC(=O)c1sc2ccc(C#N)cc2c1OC1CCN(C(=O)OC(C)(C)C)CC1. The second-order valence-corrected chi connectivity index (χ2v) is 8.91. The van der Waals surface area contributed by atoms with E-state index in [-0.39, 0.29) is 12.2 Å². The molecule has 1 fully saturated rings. The van der Waals surface area contributed by atoms with Gasteiger partial charge >= 0.3 is 12.1 Å². The summed E-state index contributed by atoms with van der Waals surface area (Å²) < 4.78 is 17.4. The van der Waals surface area contributed by atoms with E-state index >= 15 is 0 Å². The molecule has 1 aromatic carbocycles. The molecular weight excluding hydrogens is 392 g/mol. The third kappa shape index (κ3) is 4.80. The molecule has 8 heteroatoms. The number of nitriles is 1. The van der Waals surface area contributed by atoms with E-state index in [2.05, 4.69) is 6.07 Å². The molecule has 2 heterocycles. The lowest BCUT2D eigenvalue weighted by atomic mass is 10.1. The number of rotatable bonds is 3. The number of methoxy groups -OCH3 is 1. The van der Waals surface area contributed by atoms with Gasteiger partial charge < -0.3 is 19.1 Å². The van der Waals surface area contributed by atoms with Crippen LogP contribution in [0.15, 0.2) is 18.2 Å². The van der Waals surface area contributed by atoms with Crippen LogP contribution in [0.25, 0.3) is 10.1 Å². The molecule has 0 N–H and O–H groups in total. The zero-order valence-corrected chi connectivity index (χ0v) is 17.8. The lowest BCUT2D eigenvalue weighted by Gasteiger charge is -2.33. The van der Waals surface area contributed by atoms with Crippen LogP contribution >= 0.6 is 11.3 Å². The van der Waals surface area contributed by atoms with Crippen molar-refractivity contribution < 1.29 is 23.8 Å². The van der Waals surface area contributed by atoms with Gasteiger partial charge in [0.2, 0.25) is 0 Å². The number of esters is 1. The average Bonchev–Trinajstić information content (AvgIpc) is 3.04. The highest BCUT2D eigenvalue weighted by Gasteiger charge is 2.30. The Morgan fingerprint density at radius 1 is 1.24 bits per heavy atom. The minimum absolute atomic E-state index is 0.152. The number of fused-ring (bicyclic) bond motifs is 1. The zero-order chi connectivity index (χ0) is 21.2. The van der Waals surface area contributed by atoms with Crippen LogP contribution in [0.4, 0.5) is 4.79 Å². The normalized spacial score (nSPS) is 15.1. The second kappa shape index (κ2) is 8.29. The van der Waals surface area contributed by atoms with Crippen molar-refractivity contribution in [1.29, 1.82) is 5.26 Å². The monoisotopic (exact) mass is 416 g/mol. The van der Waals surface area contributed by atoms with Crippen molar-refractivity contribution in [3.63, 3.8) is 0 Å². The lowest BCUT2D eigenvalue weighted by molar-refractivity contribution is 0.0127. The third-order valence-electron chi connectivity index (χ3n) is 4.52. The maximum atomic E-state index is 12.2. The van der Waals surface area contributed by atoms with Crippen molar-refractivity contribution in [2.75, 3.05) is 20.2 Å². The Morgan fingerprint density at radius 2 is 1.93 bits per heavy atom. The molecule has 0 radical (unpaired) electrons. The first kappa shape index (κ1) is 20.9. The highest BCUT2D eigenvalue weighted by molar-refractivity contribution is 7.21. The minimum Gasteiger partial charge on any atom is -0.488 e. The molecular formula is C21H24N2O5S. The summed E-state index contributed by atoms with van der Waals surface area (Å²) in [6.45, 7) is 6.54. The first-order valence-corrected chi connectivity index (χ1v) is 10.2. The fourth-order valence-electron chi connectivity index (χ4n) is 3.14. The molecule has 1 aliphatic rings. The van der Waals surface area contributed by atoms with E-state index in [4.69, 9.17) is 14.2 Å². The first-order valence-electron chi connectivity index (χ1n) is 9.41. The van der Waals surface area contributed by atoms with Crippen LogP contribution in [0, 0.1) is 11.3 Å². The fraction of sp³-hybridized carbons (Fsp3) is 0.476. The topological polar surface area (TPSA) is 88.9 Å². The smallest absolute Gasteiger partial charge is 0.410 e. The van der Waals surface area contributed by atoms with Crippen LogP contribution in [0.1, 0.15) is 48.8 Å². The van der Waals surface area contributed by atoms with Gasteiger partial charge in [0.05, 0.1) is 18.7 Å². The van der Waals surface area contributed by atoms with Gasteiger partial charge in [-0.15, -0.1) is 11.3 Å². The molecule has 3 rings (SSSR count). The number of amides is 1. The standard InChI is InChI=1S/C21H24N2O5S/c1-21(2,3)28-20(25)23-9-7-14(8-10-23)27-17-15-11-13(12-22)5-6-16(15)29-18(17)19(24)26-4/h5-6,11,14H,7-10H2,1-4H3. The molecule has 0 spiro atoms. The molecule has 1 saturated heterocycles. The third-order valence-corrected chi connectivity index (χ3v) is 5.65. The van der Waals surface area contributed by atoms with E-state index in [0.29, 0.717) is 42.1 Å². The van der Waals surface area contributed by atoms with E-state index < -0.39 is 11.6 Å². The summed E-state index contributed by atoms with van der Waals surface area (Å²) in [6, 6.07) is 7.36. The Labute approximate surface area is 173 Å². The number of thiophene rings is 1. The van der Waals surface area contributed by atoms with Crippen LogP contribution in [0.3, 0.4) is 0 Å². The maximum Gasteiger partial charge on any atom is 0.410 e. The van der Waals surface area contributed by atoms with Crippen LogP contribution in [-0.4, -0.2) is 48.9 Å². The highest BCUT2D eigenvalue weighted by Crippen LogP contribution is 2.40. The van der Waals surface area contributed by atoms with E-state index in [1.165, 1.54) is 18.4 Å². The Kier molecular flexibility index (Phi) is 5.99. The highest BCUT2D eigenvalue weighted by atomic mass is 32.1. The van der Waals surface area contributed by atoms with Crippen molar-refractivity contribution in [3.05, 3.63) is 28.6 Å². The molecule has 0 bridgehead atoms. The van der Waals surface area contributed by atoms with Crippen molar-refractivity contribution in [1.82, 2.24) is 4.90 Å². The van der Waals surface area contributed by atoms with Gasteiger partial charge in [-0.1, -0.05) is 0 Å². The summed E-state index contributed by atoms with van der Waals surface area (Å²) >= 11 is 1.28. The Morgan fingerprint density at radius 3 is 2.52 bits per heavy atom. The molecule has 0 saturated carbocycles. The zero-order valence-electron chi connectivity index (χ0n) is 17.0. The summed E-state index contributed by atoms with van der Waals surface area (Å²) in [4.78, 5) is 26.5. The molecule has 1 aromatic heterocycles. The average molecular weight is 416 g/mol. The maximum absolute atomic E-state index is 12.2. The molecule has 7 nitrogen and oxygen atoms in total. The minimum atomic E-state index is -0.534. The fourth-order valence-corrected chi connectivity index (χ4v) is 4.17. The molecule has 0 unspecified atom stereocenters. The second-order valence-electron chi connectivity index (χ2n) is 7.86. The van der Waals surface area contributed by atoms with Crippen LogP contribution < -0.4 is 4.74 Å². The molecule has 0 aliphatic carbocycles. The van der Waals surface area contributed by atoms with Crippen molar-refractivity contribution >= 4 is 33.5 Å². The van der Waals surface area contributed by atoms with Gasteiger partial charge in [0.15, 0.2) is 10.6 Å². The first-order chi connectivity index (χ1) is 13.7. The molecule has 2 aromatic rings. The lowest BCUT2D eigenvalue weighted by Crippen LogP contribution is -2.44. The number of ether oxygens (including phenoxy) is 3. The van der Waals surface area contributed by atoms with Crippen molar-refractivity contribution in [2.24, 2.45) is 0 Å². The van der Waals surface area contributed by atoms with Gasteiger partial charge in [-0.25, -0.2) is 9.59 Å². The van der Waals surface area contributed by atoms with Crippen LogP contribution in [0.5, 0.6) is 5.75 Å². The van der Waals surface area contributed by atoms with Crippen molar-refractivity contribution in [2.45, 2.75) is 45.3 Å². The number of piperidine rings is 1. The molecule has 29 heavy (non-hydrogen) atoms.